The van der Waals surface area contributed by atoms with E-state index in [1.807, 2.05) is 30.3 Å². The van der Waals surface area contributed by atoms with Gasteiger partial charge in [0.2, 0.25) is 10.0 Å². The van der Waals surface area contributed by atoms with Crippen LogP contribution in [0.3, 0.4) is 0 Å². The number of ether oxygens (including phenoxy) is 1. The third-order valence-corrected chi connectivity index (χ3v) is 6.12. The van der Waals surface area contributed by atoms with E-state index in [4.69, 9.17) is 15.6 Å². The molecule has 0 heterocycles. The number of carbonyl (C=O) groups excluding carboxylic acids is 1. The van der Waals surface area contributed by atoms with E-state index in [9.17, 15) is 13.2 Å². The standard InChI is InChI=1S/C26H23N3O4S/c27-17-18-6-5-7-21(16-18)33-24-10-3-2-9-23(24)29-26(30)20-14-12-19(13-15-20)22-8-1-4-11-25(22)34(28,31)32/h1-16H,17,27H2,(H,29,30)(H2,28,31,32). The maximum absolute atomic E-state index is 12.9. The highest BCUT2D eigenvalue weighted by atomic mass is 32.2. The van der Waals surface area contributed by atoms with E-state index in [-0.39, 0.29) is 10.8 Å². The van der Waals surface area contributed by atoms with E-state index < -0.39 is 10.0 Å². The number of primary sulfonamides is 1. The van der Waals surface area contributed by atoms with Crippen LogP contribution in [0.25, 0.3) is 11.1 Å². The molecule has 7 nitrogen and oxygen atoms in total. The van der Waals surface area contributed by atoms with Gasteiger partial charge in [-0.1, -0.05) is 54.6 Å². The average molecular weight is 474 g/mol. The monoisotopic (exact) mass is 473 g/mol. The van der Waals surface area contributed by atoms with Crippen molar-refractivity contribution in [3.63, 3.8) is 0 Å². The molecule has 34 heavy (non-hydrogen) atoms. The van der Waals surface area contributed by atoms with Gasteiger partial charge in [-0.25, -0.2) is 13.6 Å². The van der Waals surface area contributed by atoms with Crippen LogP contribution < -0.4 is 20.9 Å². The van der Waals surface area contributed by atoms with Crippen molar-refractivity contribution in [1.29, 1.82) is 0 Å². The number of amides is 1. The second kappa shape index (κ2) is 9.88. The number of hydrogen-bond acceptors (Lipinski definition) is 5. The second-order valence-corrected chi connectivity index (χ2v) is 9.05. The normalized spacial score (nSPS) is 11.1. The lowest BCUT2D eigenvalue weighted by Crippen LogP contribution is -2.13. The molecule has 0 aliphatic carbocycles. The Bertz CT molecular complexity index is 1430. The summed E-state index contributed by atoms with van der Waals surface area (Å²) in [7, 11) is -3.88. The second-order valence-electron chi connectivity index (χ2n) is 7.52. The largest absolute Gasteiger partial charge is 0.455 e. The number of rotatable bonds is 7. The maximum Gasteiger partial charge on any atom is 0.255 e. The number of carbonyl (C=O) groups is 1. The highest BCUT2D eigenvalue weighted by molar-refractivity contribution is 7.89. The predicted octanol–water partition coefficient (Wildman–Crippen LogP) is 4.50. The summed E-state index contributed by atoms with van der Waals surface area (Å²) in [5, 5.41) is 8.20. The molecule has 0 aliphatic rings. The first kappa shape index (κ1) is 23.2. The smallest absolute Gasteiger partial charge is 0.255 e. The highest BCUT2D eigenvalue weighted by Gasteiger charge is 2.16. The predicted molar refractivity (Wildman–Crippen MR) is 132 cm³/mol. The summed E-state index contributed by atoms with van der Waals surface area (Å²) >= 11 is 0. The third-order valence-electron chi connectivity index (χ3n) is 5.15. The van der Waals surface area contributed by atoms with Crippen molar-refractivity contribution in [2.75, 3.05) is 5.32 Å². The van der Waals surface area contributed by atoms with Crippen LogP contribution in [-0.2, 0) is 16.6 Å². The number of benzene rings is 4. The summed E-state index contributed by atoms with van der Waals surface area (Å²) in [5.74, 6) is 0.768. The lowest BCUT2D eigenvalue weighted by Gasteiger charge is -2.13. The molecule has 0 spiro atoms. The van der Waals surface area contributed by atoms with Crippen molar-refractivity contribution in [2.45, 2.75) is 11.4 Å². The van der Waals surface area contributed by atoms with Gasteiger partial charge in [0.25, 0.3) is 5.91 Å². The Morgan fingerprint density at radius 1 is 0.853 bits per heavy atom. The van der Waals surface area contributed by atoms with Gasteiger partial charge >= 0.3 is 0 Å². The first-order chi connectivity index (χ1) is 16.3. The molecule has 4 aromatic rings. The summed E-state index contributed by atoms with van der Waals surface area (Å²) in [5.41, 5.74) is 8.64. The quantitative estimate of drug-likeness (QED) is 0.364. The zero-order valence-corrected chi connectivity index (χ0v) is 19.0. The van der Waals surface area contributed by atoms with Gasteiger partial charge in [0.15, 0.2) is 5.75 Å². The van der Waals surface area contributed by atoms with Crippen LogP contribution in [0.1, 0.15) is 15.9 Å². The van der Waals surface area contributed by atoms with E-state index in [1.54, 1.807) is 60.7 Å². The Kier molecular flexibility index (Phi) is 6.74. The van der Waals surface area contributed by atoms with Crippen LogP contribution in [0, 0.1) is 0 Å². The van der Waals surface area contributed by atoms with Gasteiger partial charge in [-0.3, -0.25) is 4.79 Å². The van der Waals surface area contributed by atoms with Crippen molar-refractivity contribution >= 4 is 21.6 Å². The number of para-hydroxylation sites is 2. The molecule has 5 N–H and O–H groups in total. The molecule has 8 heteroatoms. The van der Waals surface area contributed by atoms with Crippen molar-refractivity contribution < 1.29 is 17.9 Å². The third kappa shape index (κ3) is 5.32. The number of nitrogens with two attached hydrogens (primary N) is 2. The SMILES string of the molecule is NCc1cccc(Oc2ccccc2NC(=O)c2ccc(-c3ccccc3S(N)(=O)=O)cc2)c1. The molecular formula is C26H23N3O4S. The highest BCUT2D eigenvalue weighted by Crippen LogP contribution is 2.31. The van der Waals surface area contributed by atoms with Gasteiger partial charge in [-0.15, -0.1) is 0 Å². The Balaban J connectivity index is 1.55. The molecule has 0 unspecified atom stereocenters. The van der Waals surface area contributed by atoms with E-state index in [1.165, 1.54) is 6.07 Å². The van der Waals surface area contributed by atoms with Crippen LogP contribution in [0.5, 0.6) is 11.5 Å². The minimum absolute atomic E-state index is 0.0250. The molecule has 4 aromatic carbocycles. The molecular weight excluding hydrogens is 450 g/mol. The molecule has 172 valence electrons. The number of anilines is 1. The van der Waals surface area contributed by atoms with Crippen LogP contribution in [0.2, 0.25) is 0 Å². The van der Waals surface area contributed by atoms with Crippen molar-refractivity contribution in [1.82, 2.24) is 0 Å². The average Bonchev–Trinajstić information content (AvgIpc) is 2.85. The molecule has 0 radical (unpaired) electrons. The fraction of sp³-hybridized carbons (Fsp3) is 0.0385. The number of sulfonamides is 1. The van der Waals surface area contributed by atoms with Crippen molar-refractivity contribution in [2.24, 2.45) is 10.9 Å². The van der Waals surface area contributed by atoms with E-state index in [0.29, 0.717) is 40.4 Å². The molecule has 0 aromatic heterocycles. The topological polar surface area (TPSA) is 125 Å². The minimum atomic E-state index is -3.88. The fourth-order valence-corrected chi connectivity index (χ4v) is 4.23. The van der Waals surface area contributed by atoms with E-state index in [2.05, 4.69) is 5.32 Å². The first-order valence-corrected chi connectivity index (χ1v) is 12.0. The summed E-state index contributed by atoms with van der Waals surface area (Å²) in [6, 6.07) is 27.6. The van der Waals surface area contributed by atoms with Gasteiger partial charge in [-0.2, -0.15) is 0 Å². The molecule has 0 fully saturated rings. The number of nitrogens with one attached hydrogen (secondary N) is 1. The van der Waals surface area contributed by atoms with E-state index in [0.717, 1.165) is 5.56 Å². The first-order valence-electron chi connectivity index (χ1n) is 10.4. The van der Waals surface area contributed by atoms with Gasteiger partial charge in [0.1, 0.15) is 5.75 Å². The Morgan fingerprint density at radius 2 is 1.56 bits per heavy atom. The van der Waals surface area contributed by atoms with E-state index >= 15 is 0 Å². The Labute approximate surface area is 198 Å². The summed E-state index contributed by atoms with van der Waals surface area (Å²) < 4.78 is 29.8. The minimum Gasteiger partial charge on any atom is -0.455 e. The number of hydrogen-bond donors (Lipinski definition) is 3. The zero-order chi connectivity index (χ0) is 24.1. The molecule has 4 rings (SSSR count). The molecule has 0 bridgehead atoms. The summed E-state index contributed by atoms with van der Waals surface area (Å²) in [4.78, 5) is 12.9. The van der Waals surface area contributed by atoms with Crippen LogP contribution >= 0.6 is 0 Å². The Hall–Kier alpha value is -3.98. The van der Waals surface area contributed by atoms with Crippen LogP contribution in [-0.4, -0.2) is 14.3 Å². The van der Waals surface area contributed by atoms with Gasteiger partial charge in [0, 0.05) is 17.7 Å². The van der Waals surface area contributed by atoms with Crippen LogP contribution in [0.15, 0.2) is 102 Å². The summed E-state index contributed by atoms with van der Waals surface area (Å²) in [6.07, 6.45) is 0. The Morgan fingerprint density at radius 3 is 2.29 bits per heavy atom. The molecule has 1 amide bonds. The fourth-order valence-electron chi connectivity index (χ4n) is 3.47. The van der Waals surface area contributed by atoms with Gasteiger partial charge in [-0.05, 0) is 53.6 Å². The van der Waals surface area contributed by atoms with Gasteiger partial charge < -0.3 is 15.8 Å². The maximum atomic E-state index is 12.9. The van der Waals surface area contributed by atoms with Crippen molar-refractivity contribution in [3.8, 4) is 22.6 Å². The molecule has 0 atom stereocenters. The van der Waals surface area contributed by atoms with Crippen LogP contribution in [0.4, 0.5) is 5.69 Å². The molecule has 0 saturated heterocycles. The van der Waals surface area contributed by atoms with Crippen molar-refractivity contribution in [3.05, 3.63) is 108 Å². The molecule has 0 saturated carbocycles. The lowest BCUT2D eigenvalue weighted by atomic mass is 10.0. The summed E-state index contributed by atoms with van der Waals surface area (Å²) in [6.45, 7) is 0.396. The van der Waals surface area contributed by atoms with Gasteiger partial charge in [0.05, 0.1) is 10.6 Å². The lowest BCUT2D eigenvalue weighted by molar-refractivity contribution is 0.102. The zero-order valence-electron chi connectivity index (χ0n) is 18.1. The molecule has 0 aliphatic heterocycles.